The predicted molar refractivity (Wildman–Crippen MR) is 120 cm³/mol. The molecule has 0 saturated carbocycles. The molecule has 1 heterocycles. The third-order valence-corrected chi connectivity index (χ3v) is 6.67. The fourth-order valence-electron chi connectivity index (χ4n) is 3.09. The third-order valence-electron chi connectivity index (χ3n) is 4.76. The van der Waals surface area contributed by atoms with E-state index in [2.05, 4.69) is 5.32 Å². The number of esters is 1. The van der Waals surface area contributed by atoms with Crippen LogP contribution in [0.1, 0.15) is 22.8 Å². The van der Waals surface area contributed by atoms with Crippen LogP contribution in [0.3, 0.4) is 0 Å². The standard InChI is InChI=1S/C23H24N2O7S/c1-17(26)24-21(15-18-5-3-2-4-6-18)23(28)32-16-22(27)19-7-9-20(10-8-19)33(29,30)25-11-13-31-14-12-25/h2-10,15H,11-14,16H2,1H3,(H,24,26)/b21-15+. The van der Waals surface area contributed by atoms with Crippen LogP contribution in [0.2, 0.25) is 0 Å². The first kappa shape index (κ1) is 24.3. The molecule has 1 aliphatic heterocycles. The van der Waals surface area contributed by atoms with Crippen LogP contribution in [0.15, 0.2) is 65.2 Å². The summed E-state index contributed by atoms with van der Waals surface area (Å²) in [6.07, 6.45) is 1.44. The van der Waals surface area contributed by atoms with Crippen molar-refractivity contribution in [2.75, 3.05) is 32.9 Å². The number of hydrogen-bond donors (Lipinski definition) is 1. The van der Waals surface area contributed by atoms with Gasteiger partial charge in [0, 0.05) is 25.6 Å². The lowest BCUT2D eigenvalue weighted by Crippen LogP contribution is -2.40. The van der Waals surface area contributed by atoms with Crippen molar-refractivity contribution in [2.45, 2.75) is 11.8 Å². The van der Waals surface area contributed by atoms with E-state index in [4.69, 9.17) is 9.47 Å². The zero-order valence-electron chi connectivity index (χ0n) is 18.0. The number of hydrogen-bond acceptors (Lipinski definition) is 7. The lowest BCUT2D eigenvalue weighted by Gasteiger charge is -2.26. The van der Waals surface area contributed by atoms with E-state index in [-0.39, 0.29) is 29.2 Å². The molecule has 1 amide bonds. The smallest absolute Gasteiger partial charge is 0.355 e. The van der Waals surface area contributed by atoms with Gasteiger partial charge in [0.05, 0.1) is 18.1 Å². The predicted octanol–water partition coefficient (Wildman–Crippen LogP) is 1.61. The Morgan fingerprint density at radius 1 is 1.03 bits per heavy atom. The van der Waals surface area contributed by atoms with Gasteiger partial charge in [0.1, 0.15) is 5.70 Å². The highest BCUT2D eigenvalue weighted by atomic mass is 32.2. The number of sulfonamides is 1. The van der Waals surface area contributed by atoms with Crippen LogP contribution in [-0.4, -0.2) is 63.3 Å². The molecule has 9 nitrogen and oxygen atoms in total. The first-order valence-electron chi connectivity index (χ1n) is 10.2. The lowest BCUT2D eigenvalue weighted by molar-refractivity contribution is -0.139. The van der Waals surface area contributed by atoms with E-state index in [0.29, 0.717) is 18.8 Å². The summed E-state index contributed by atoms with van der Waals surface area (Å²) in [6.45, 7) is 1.89. The summed E-state index contributed by atoms with van der Waals surface area (Å²) in [4.78, 5) is 36.4. The minimum Gasteiger partial charge on any atom is -0.453 e. The van der Waals surface area contributed by atoms with Crippen LogP contribution in [-0.2, 0) is 29.1 Å². The van der Waals surface area contributed by atoms with E-state index in [0.717, 1.165) is 0 Å². The zero-order valence-corrected chi connectivity index (χ0v) is 18.8. The maximum Gasteiger partial charge on any atom is 0.355 e. The molecule has 10 heteroatoms. The molecule has 174 valence electrons. The molecule has 0 bridgehead atoms. The second kappa shape index (κ2) is 11.0. The molecule has 0 aromatic heterocycles. The summed E-state index contributed by atoms with van der Waals surface area (Å²) in [5, 5.41) is 2.40. The highest BCUT2D eigenvalue weighted by Gasteiger charge is 2.26. The zero-order chi connectivity index (χ0) is 23.8. The van der Waals surface area contributed by atoms with Gasteiger partial charge < -0.3 is 14.8 Å². The Morgan fingerprint density at radius 2 is 1.67 bits per heavy atom. The van der Waals surface area contributed by atoms with Crippen molar-refractivity contribution in [1.29, 1.82) is 0 Å². The van der Waals surface area contributed by atoms with Crippen molar-refractivity contribution in [1.82, 2.24) is 9.62 Å². The van der Waals surface area contributed by atoms with Crippen LogP contribution >= 0.6 is 0 Å². The third kappa shape index (κ3) is 6.58. The van der Waals surface area contributed by atoms with Crippen molar-refractivity contribution >= 4 is 33.8 Å². The number of rotatable bonds is 8. The molecule has 0 unspecified atom stereocenters. The minimum atomic E-state index is -3.67. The molecule has 3 rings (SSSR count). The number of nitrogens with one attached hydrogen (secondary N) is 1. The summed E-state index contributed by atoms with van der Waals surface area (Å²) in [5.74, 6) is -1.84. The van der Waals surface area contributed by atoms with Crippen LogP contribution in [0.25, 0.3) is 6.08 Å². The Morgan fingerprint density at radius 3 is 2.27 bits per heavy atom. The van der Waals surface area contributed by atoms with E-state index < -0.39 is 34.3 Å². The van der Waals surface area contributed by atoms with Crippen molar-refractivity contribution in [2.24, 2.45) is 0 Å². The van der Waals surface area contributed by atoms with Gasteiger partial charge in [-0.1, -0.05) is 30.3 Å². The maximum absolute atomic E-state index is 12.7. The second-order valence-corrected chi connectivity index (χ2v) is 9.13. The van der Waals surface area contributed by atoms with Gasteiger partial charge in [0.25, 0.3) is 0 Å². The topological polar surface area (TPSA) is 119 Å². The summed E-state index contributed by atoms with van der Waals surface area (Å²) < 4.78 is 36.9. The van der Waals surface area contributed by atoms with Crippen molar-refractivity contribution in [3.05, 3.63) is 71.4 Å². The number of carbonyl (C=O) groups excluding carboxylic acids is 3. The van der Waals surface area contributed by atoms with Crippen LogP contribution in [0, 0.1) is 0 Å². The number of Topliss-reactive ketones (excluding diaryl/α,β-unsaturated/α-hetero) is 1. The molecular formula is C23H24N2O7S. The van der Waals surface area contributed by atoms with E-state index in [1.807, 2.05) is 6.07 Å². The van der Waals surface area contributed by atoms with Crippen LogP contribution < -0.4 is 5.32 Å². The number of morpholine rings is 1. The minimum absolute atomic E-state index is 0.0664. The van der Waals surface area contributed by atoms with Gasteiger partial charge in [-0.3, -0.25) is 9.59 Å². The normalized spacial score (nSPS) is 15.0. The van der Waals surface area contributed by atoms with Crippen molar-refractivity contribution < 1.29 is 32.3 Å². The molecular weight excluding hydrogens is 448 g/mol. The number of amides is 1. The molecule has 1 saturated heterocycles. The molecule has 0 spiro atoms. The Balaban J connectivity index is 1.65. The molecule has 33 heavy (non-hydrogen) atoms. The number of benzene rings is 2. The van der Waals surface area contributed by atoms with E-state index in [1.165, 1.54) is 41.6 Å². The molecule has 1 N–H and O–H groups in total. The van der Waals surface area contributed by atoms with Gasteiger partial charge in [-0.05, 0) is 35.9 Å². The molecule has 2 aromatic rings. The maximum atomic E-state index is 12.7. The highest BCUT2D eigenvalue weighted by Crippen LogP contribution is 2.18. The van der Waals surface area contributed by atoms with Gasteiger partial charge in [-0.2, -0.15) is 4.31 Å². The Labute approximate surface area is 192 Å². The van der Waals surface area contributed by atoms with Gasteiger partial charge in [-0.15, -0.1) is 0 Å². The number of ether oxygens (including phenoxy) is 2. The Kier molecular flexibility index (Phi) is 8.10. The van der Waals surface area contributed by atoms with Crippen LogP contribution in [0.5, 0.6) is 0 Å². The fourth-order valence-corrected chi connectivity index (χ4v) is 4.50. The summed E-state index contributed by atoms with van der Waals surface area (Å²) in [7, 11) is -3.67. The molecule has 2 aromatic carbocycles. The first-order valence-corrected chi connectivity index (χ1v) is 11.6. The van der Waals surface area contributed by atoms with Gasteiger partial charge in [-0.25, -0.2) is 13.2 Å². The quantitative estimate of drug-likeness (QED) is 0.352. The van der Waals surface area contributed by atoms with Crippen molar-refractivity contribution in [3.63, 3.8) is 0 Å². The highest BCUT2D eigenvalue weighted by molar-refractivity contribution is 7.89. The number of nitrogens with zero attached hydrogens (tertiary/aromatic N) is 1. The van der Waals surface area contributed by atoms with E-state index in [9.17, 15) is 22.8 Å². The van der Waals surface area contributed by atoms with Gasteiger partial charge >= 0.3 is 5.97 Å². The average Bonchev–Trinajstić information content (AvgIpc) is 2.83. The molecule has 0 radical (unpaired) electrons. The number of carbonyl (C=O) groups is 3. The molecule has 0 aliphatic carbocycles. The summed E-state index contributed by atoms with van der Waals surface area (Å²) >= 11 is 0. The van der Waals surface area contributed by atoms with Crippen LogP contribution in [0.4, 0.5) is 0 Å². The van der Waals surface area contributed by atoms with Crippen molar-refractivity contribution in [3.8, 4) is 0 Å². The first-order chi connectivity index (χ1) is 15.8. The largest absolute Gasteiger partial charge is 0.453 e. The molecule has 1 aliphatic rings. The van der Waals surface area contributed by atoms with Gasteiger partial charge in [0.15, 0.2) is 12.4 Å². The second-order valence-electron chi connectivity index (χ2n) is 7.19. The molecule has 0 atom stereocenters. The monoisotopic (exact) mass is 472 g/mol. The van der Waals surface area contributed by atoms with Gasteiger partial charge in [0.2, 0.25) is 15.9 Å². The SMILES string of the molecule is CC(=O)N/C(=C/c1ccccc1)C(=O)OCC(=O)c1ccc(S(=O)(=O)N2CCOCC2)cc1. The lowest BCUT2D eigenvalue weighted by atomic mass is 10.1. The van der Waals surface area contributed by atoms with E-state index in [1.54, 1.807) is 24.3 Å². The summed E-state index contributed by atoms with van der Waals surface area (Å²) in [5.41, 5.74) is 0.756. The molecule has 1 fully saturated rings. The Hall–Kier alpha value is -3.34. The average molecular weight is 473 g/mol. The van der Waals surface area contributed by atoms with E-state index >= 15 is 0 Å². The summed E-state index contributed by atoms with van der Waals surface area (Å²) in [6, 6.07) is 14.3. The fraction of sp³-hybridized carbons (Fsp3) is 0.261. The Bertz CT molecular complexity index is 1140. The number of ketones is 1.